The molecular formula is C13H20N4O2. The molecule has 1 aliphatic heterocycles. The Kier molecular flexibility index (Phi) is 4.01. The van der Waals surface area contributed by atoms with E-state index >= 15 is 0 Å². The molecule has 0 saturated carbocycles. The number of ether oxygens (including phenoxy) is 1. The average molecular weight is 264 g/mol. The van der Waals surface area contributed by atoms with Crippen molar-refractivity contribution >= 4 is 11.6 Å². The molecule has 2 unspecified atom stereocenters. The molecule has 104 valence electrons. The number of hydrogen-bond acceptors (Lipinski definition) is 5. The first-order chi connectivity index (χ1) is 9.04. The Bertz CT molecular complexity index is 478. The minimum Gasteiger partial charge on any atom is -0.376 e. The lowest BCUT2D eigenvalue weighted by Gasteiger charge is -2.27. The van der Waals surface area contributed by atoms with Crippen LogP contribution in [0.3, 0.4) is 0 Å². The van der Waals surface area contributed by atoms with Gasteiger partial charge in [0.1, 0.15) is 0 Å². The van der Waals surface area contributed by atoms with Gasteiger partial charge in [-0.2, -0.15) is 0 Å². The minimum absolute atomic E-state index is 0.0571. The van der Waals surface area contributed by atoms with Crippen LogP contribution < -0.4 is 11.3 Å². The number of hydrazine groups is 1. The molecule has 1 aromatic rings. The summed E-state index contributed by atoms with van der Waals surface area (Å²) >= 11 is 0. The largest absolute Gasteiger partial charge is 0.376 e. The van der Waals surface area contributed by atoms with Crippen LogP contribution in [0.15, 0.2) is 12.3 Å². The summed E-state index contributed by atoms with van der Waals surface area (Å²) in [7, 11) is 1.79. The minimum atomic E-state index is -0.0946. The fourth-order valence-electron chi connectivity index (χ4n) is 2.42. The lowest BCUT2D eigenvalue weighted by atomic mass is 10.1. The molecule has 0 bridgehead atoms. The summed E-state index contributed by atoms with van der Waals surface area (Å²) in [6.45, 7) is 4.53. The van der Waals surface area contributed by atoms with Gasteiger partial charge in [-0.3, -0.25) is 15.6 Å². The number of aromatic nitrogens is 1. The van der Waals surface area contributed by atoms with Crippen molar-refractivity contribution in [3.63, 3.8) is 0 Å². The monoisotopic (exact) mass is 264 g/mol. The van der Waals surface area contributed by atoms with Crippen molar-refractivity contribution in [2.45, 2.75) is 32.4 Å². The average Bonchev–Trinajstić information content (AvgIpc) is 2.83. The van der Waals surface area contributed by atoms with Crippen molar-refractivity contribution in [1.29, 1.82) is 0 Å². The van der Waals surface area contributed by atoms with Crippen LogP contribution in [-0.2, 0) is 4.74 Å². The predicted octanol–water partition coefficient (Wildman–Crippen LogP) is 0.925. The zero-order valence-corrected chi connectivity index (χ0v) is 11.5. The third-order valence-corrected chi connectivity index (χ3v) is 3.58. The zero-order valence-electron chi connectivity index (χ0n) is 11.5. The molecule has 19 heavy (non-hydrogen) atoms. The maximum atomic E-state index is 12.5. The molecule has 0 spiro atoms. The van der Waals surface area contributed by atoms with Crippen molar-refractivity contribution in [2.24, 2.45) is 5.84 Å². The van der Waals surface area contributed by atoms with Gasteiger partial charge in [-0.15, -0.1) is 0 Å². The number of likely N-dealkylation sites (N-methyl/N-ethyl adjacent to an activating group) is 1. The molecule has 1 aliphatic rings. The molecule has 0 aromatic carbocycles. The molecule has 1 amide bonds. The summed E-state index contributed by atoms with van der Waals surface area (Å²) in [5, 5.41) is 0. The summed E-state index contributed by atoms with van der Waals surface area (Å²) in [5.74, 6) is 5.37. The Morgan fingerprint density at radius 1 is 1.63 bits per heavy atom. The van der Waals surface area contributed by atoms with Crippen LogP contribution in [0.5, 0.6) is 0 Å². The van der Waals surface area contributed by atoms with Gasteiger partial charge < -0.3 is 15.1 Å². The lowest BCUT2D eigenvalue weighted by molar-refractivity contribution is 0.0575. The molecule has 0 aliphatic carbocycles. The van der Waals surface area contributed by atoms with E-state index in [1.807, 2.05) is 13.8 Å². The van der Waals surface area contributed by atoms with E-state index in [0.717, 1.165) is 12.1 Å². The Balaban J connectivity index is 2.23. The highest BCUT2D eigenvalue weighted by atomic mass is 16.5. The maximum Gasteiger partial charge on any atom is 0.257 e. The second-order valence-corrected chi connectivity index (χ2v) is 4.86. The number of nitrogens with two attached hydrogens (primary N) is 1. The smallest absolute Gasteiger partial charge is 0.257 e. The van der Waals surface area contributed by atoms with Crippen molar-refractivity contribution in [3.8, 4) is 0 Å². The van der Waals surface area contributed by atoms with Crippen LogP contribution in [-0.4, -0.2) is 41.6 Å². The van der Waals surface area contributed by atoms with E-state index in [1.54, 1.807) is 24.2 Å². The highest BCUT2D eigenvalue weighted by Gasteiger charge is 2.31. The number of nitrogens with zero attached hydrogens (tertiary/aromatic N) is 2. The standard InChI is InChI=1S/C13H20N4O2/c1-8-6-11(16-14)10(7-15-8)13(18)17(3)12-4-5-19-9(12)2/h6-7,9,12H,4-5,14H2,1-3H3,(H,15,16). The Hall–Kier alpha value is -1.66. The quantitative estimate of drug-likeness (QED) is 0.627. The van der Waals surface area contributed by atoms with Gasteiger partial charge in [-0.1, -0.05) is 0 Å². The first kappa shape index (κ1) is 13.8. The van der Waals surface area contributed by atoms with Crippen molar-refractivity contribution in [1.82, 2.24) is 9.88 Å². The SMILES string of the molecule is Cc1cc(NN)c(C(=O)N(C)C2CCOC2C)cn1. The van der Waals surface area contributed by atoms with Gasteiger partial charge in [-0.25, -0.2) is 0 Å². The second kappa shape index (κ2) is 5.54. The lowest BCUT2D eigenvalue weighted by Crippen LogP contribution is -2.41. The number of aryl methyl sites for hydroxylation is 1. The molecule has 1 aromatic heterocycles. The van der Waals surface area contributed by atoms with E-state index in [4.69, 9.17) is 10.6 Å². The van der Waals surface area contributed by atoms with Gasteiger partial charge in [0, 0.05) is 25.5 Å². The van der Waals surface area contributed by atoms with Gasteiger partial charge >= 0.3 is 0 Å². The normalized spacial score (nSPS) is 22.3. The van der Waals surface area contributed by atoms with E-state index in [1.165, 1.54) is 0 Å². The Morgan fingerprint density at radius 3 is 2.95 bits per heavy atom. The van der Waals surface area contributed by atoms with E-state index in [-0.39, 0.29) is 18.1 Å². The topological polar surface area (TPSA) is 80.5 Å². The van der Waals surface area contributed by atoms with Crippen LogP contribution in [0.25, 0.3) is 0 Å². The van der Waals surface area contributed by atoms with Crippen molar-refractivity contribution in [3.05, 3.63) is 23.5 Å². The van der Waals surface area contributed by atoms with Crippen molar-refractivity contribution < 1.29 is 9.53 Å². The van der Waals surface area contributed by atoms with Gasteiger partial charge in [0.05, 0.1) is 23.4 Å². The molecule has 2 rings (SSSR count). The highest BCUT2D eigenvalue weighted by Crippen LogP contribution is 2.22. The van der Waals surface area contributed by atoms with Crippen LogP contribution >= 0.6 is 0 Å². The number of nitrogen functional groups attached to an aromatic ring is 1. The third-order valence-electron chi connectivity index (χ3n) is 3.58. The number of nitrogens with one attached hydrogen (secondary N) is 1. The highest BCUT2D eigenvalue weighted by molar-refractivity contribution is 5.99. The van der Waals surface area contributed by atoms with Crippen LogP contribution in [0, 0.1) is 6.92 Å². The third kappa shape index (κ3) is 2.69. The molecule has 2 atom stereocenters. The fraction of sp³-hybridized carbons (Fsp3) is 0.538. The molecular weight excluding hydrogens is 244 g/mol. The van der Waals surface area contributed by atoms with Gasteiger partial charge in [0.15, 0.2) is 0 Å². The number of carbonyl (C=O) groups is 1. The van der Waals surface area contributed by atoms with E-state index in [0.29, 0.717) is 17.9 Å². The van der Waals surface area contributed by atoms with E-state index in [9.17, 15) is 4.79 Å². The number of pyridine rings is 1. The number of anilines is 1. The molecule has 6 heteroatoms. The molecule has 2 heterocycles. The number of hydrogen-bond donors (Lipinski definition) is 2. The summed E-state index contributed by atoms with van der Waals surface area (Å²) in [6, 6.07) is 1.86. The first-order valence-electron chi connectivity index (χ1n) is 6.36. The molecule has 3 N–H and O–H groups in total. The first-order valence-corrected chi connectivity index (χ1v) is 6.36. The summed E-state index contributed by atoms with van der Waals surface area (Å²) in [6.07, 6.45) is 2.47. The molecule has 1 fully saturated rings. The summed E-state index contributed by atoms with van der Waals surface area (Å²) in [4.78, 5) is 18.4. The van der Waals surface area contributed by atoms with Gasteiger partial charge in [0.2, 0.25) is 0 Å². The second-order valence-electron chi connectivity index (χ2n) is 4.86. The fourth-order valence-corrected chi connectivity index (χ4v) is 2.42. The van der Waals surface area contributed by atoms with Crippen molar-refractivity contribution in [2.75, 3.05) is 19.1 Å². The predicted molar refractivity (Wildman–Crippen MR) is 72.7 cm³/mol. The van der Waals surface area contributed by atoms with E-state index < -0.39 is 0 Å². The number of carbonyl (C=O) groups excluding carboxylic acids is 1. The Labute approximate surface area is 112 Å². The van der Waals surface area contributed by atoms with Crippen LogP contribution in [0.2, 0.25) is 0 Å². The summed E-state index contributed by atoms with van der Waals surface area (Å²) in [5.41, 5.74) is 4.44. The molecule has 6 nitrogen and oxygen atoms in total. The molecule has 0 radical (unpaired) electrons. The van der Waals surface area contributed by atoms with E-state index in [2.05, 4.69) is 10.4 Å². The Morgan fingerprint density at radius 2 is 2.37 bits per heavy atom. The van der Waals surface area contributed by atoms with Gasteiger partial charge in [-0.05, 0) is 26.3 Å². The van der Waals surface area contributed by atoms with Crippen LogP contribution in [0.1, 0.15) is 29.4 Å². The summed E-state index contributed by atoms with van der Waals surface area (Å²) < 4.78 is 5.50. The molecule has 1 saturated heterocycles. The van der Waals surface area contributed by atoms with Gasteiger partial charge in [0.25, 0.3) is 5.91 Å². The number of rotatable bonds is 3. The zero-order chi connectivity index (χ0) is 14.0. The number of amides is 1. The van der Waals surface area contributed by atoms with Crippen LogP contribution in [0.4, 0.5) is 5.69 Å². The maximum absolute atomic E-state index is 12.5.